The van der Waals surface area contributed by atoms with E-state index in [1.807, 2.05) is 12.1 Å². The number of ether oxygens (including phenoxy) is 2. The van der Waals surface area contributed by atoms with Crippen molar-refractivity contribution in [3.8, 4) is 5.75 Å². The molecule has 7 nitrogen and oxygen atoms in total. The standard InChI is InChI=1S/C22H34N4O3.HI/c1-4-23-22(25-13-10-18(11-14-25)21(27)29-3)24-15-17-9-12-26(16-17)19-7-5-6-8-20(19)28-2;/h5-8,17-18H,4,9-16H2,1-3H3,(H,23,24);1H. The van der Waals surface area contributed by atoms with E-state index in [0.717, 1.165) is 70.2 Å². The monoisotopic (exact) mass is 530 g/mol. The SMILES string of the molecule is CCNC(=NCC1CCN(c2ccccc2OC)C1)N1CCC(C(=O)OC)CC1.I. The third-order valence-corrected chi connectivity index (χ3v) is 5.87. The Kier molecular flexibility index (Phi) is 10.0. The quantitative estimate of drug-likeness (QED) is 0.264. The molecule has 1 N–H and O–H groups in total. The number of benzene rings is 1. The summed E-state index contributed by atoms with van der Waals surface area (Å²) in [7, 11) is 3.19. The van der Waals surface area contributed by atoms with E-state index in [2.05, 4.69) is 34.2 Å². The smallest absolute Gasteiger partial charge is 0.308 e. The van der Waals surface area contributed by atoms with E-state index in [1.165, 1.54) is 12.8 Å². The van der Waals surface area contributed by atoms with E-state index < -0.39 is 0 Å². The van der Waals surface area contributed by atoms with Gasteiger partial charge in [-0.15, -0.1) is 24.0 Å². The van der Waals surface area contributed by atoms with Gasteiger partial charge in [-0.3, -0.25) is 9.79 Å². The van der Waals surface area contributed by atoms with Crippen LogP contribution in [-0.4, -0.2) is 70.3 Å². The molecule has 2 heterocycles. The molecule has 0 aliphatic carbocycles. The molecule has 0 radical (unpaired) electrons. The maximum atomic E-state index is 11.8. The minimum atomic E-state index is -0.0889. The van der Waals surface area contributed by atoms with E-state index in [9.17, 15) is 4.79 Å². The van der Waals surface area contributed by atoms with Crippen LogP contribution in [-0.2, 0) is 9.53 Å². The molecule has 0 spiro atoms. The Morgan fingerprint density at radius 2 is 1.90 bits per heavy atom. The van der Waals surface area contributed by atoms with Crippen LogP contribution < -0.4 is 15.0 Å². The second-order valence-corrected chi connectivity index (χ2v) is 7.75. The zero-order valence-corrected chi connectivity index (χ0v) is 20.6. The van der Waals surface area contributed by atoms with Gasteiger partial charge in [-0.1, -0.05) is 12.1 Å². The number of aliphatic imine (C=N–C) groups is 1. The van der Waals surface area contributed by atoms with Crippen LogP contribution in [0.25, 0.3) is 0 Å². The Bertz CT molecular complexity index is 707. The number of methoxy groups -OCH3 is 2. The van der Waals surface area contributed by atoms with Crippen LogP contribution in [0, 0.1) is 11.8 Å². The zero-order chi connectivity index (χ0) is 20.6. The largest absolute Gasteiger partial charge is 0.495 e. The van der Waals surface area contributed by atoms with Gasteiger partial charge in [0.15, 0.2) is 5.96 Å². The fraction of sp³-hybridized carbons (Fsp3) is 0.636. The van der Waals surface area contributed by atoms with Gasteiger partial charge in [-0.25, -0.2) is 0 Å². The molecule has 30 heavy (non-hydrogen) atoms. The van der Waals surface area contributed by atoms with Gasteiger partial charge in [0.05, 0.1) is 25.8 Å². The van der Waals surface area contributed by atoms with Gasteiger partial charge >= 0.3 is 5.97 Å². The molecule has 1 atom stereocenters. The van der Waals surface area contributed by atoms with Crippen molar-refractivity contribution in [1.29, 1.82) is 0 Å². The van der Waals surface area contributed by atoms with Gasteiger partial charge in [-0.05, 0) is 44.2 Å². The van der Waals surface area contributed by atoms with Gasteiger partial charge in [0.2, 0.25) is 0 Å². The van der Waals surface area contributed by atoms with Gasteiger partial charge in [0.1, 0.15) is 5.75 Å². The Morgan fingerprint density at radius 1 is 1.17 bits per heavy atom. The summed E-state index contributed by atoms with van der Waals surface area (Å²) in [5.74, 6) is 2.35. The lowest BCUT2D eigenvalue weighted by Gasteiger charge is -2.33. The molecule has 0 amide bonds. The molecule has 2 saturated heterocycles. The highest BCUT2D eigenvalue weighted by Gasteiger charge is 2.28. The lowest BCUT2D eigenvalue weighted by Crippen LogP contribution is -2.46. The summed E-state index contributed by atoms with van der Waals surface area (Å²) in [5.41, 5.74) is 1.17. The lowest BCUT2D eigenvalue weighted by atomic mass is 9.97. The van der Waals surface area contributed by atoms with Gasteiger partial charge in [0, 0.05) is 39.3 Å². The zero-order valence-electron chi connectivity index (χ0n) is 18.3. The maximum absolute atomic E-state index is 11.8. The second kappa shape index (κ2) is 12.2. The minimum Gasteiger partial charge on any atom is -0.495 e. The fourth-order valence-corrected chi connectivity index (χ4v) is 4.23. The number of nitrogens with one attached hydrogen (secondary N) is 1. The van der Waals surface area contributed by atoms with Crippen LogP contribution in [0.3, 0.4) is 0 Å². The van der Waals surface area contributed by atoms with Crippen LogP contribution in [0.4, 0.5) is 5.69 Å². The summed E-state index contributed by atoms with van der Waals surface area (Å²) < 4.78 is 10.4. The second-order valence-electron chi connectivity index (χ2n) is 7.75. The molecule has 2 aliphatic rings. The third kappa shape index (κ3) is 6.15. The first kappa shape index (κ1) is 24.6. The van der Waals surface area contributed by atoms with Crippen LogP contribution >= 0.6 is 24.0 Å². The van der Waals surface area contributed by atoms with Crippen molar-refractivity contribution in [2.45, 2.75) is 26.2 Å². The Labute approximate surface area is 197 Å². The molecular weight excluding hydrogens is 495 g/mol. The fourth-order valence-electron chi connectivity index (χ4n) is 4.23. The number of hydrogen-bond donors (Lipinski definition) is 1. The molecule has 8 heteroatoms. The van der Waals surface area contributed by atoms with E-state index in [-0.39, 0.29) is 35.9 Å². The highest BCUT2D eigenvalue weighted by Crippen LogP contribution is 2.32. The van der Waals surface area contributed by atoms with E-state index in [0.29, 0.717) is 5.92 Å². The maximum Gasteiger partial charge on any atom is 0.308 e. The number of rotatable bonds is 6. The topological polar surface area (TPSA) is 66.4 Å². The molecular formula is C22H35IN4O3. The van der Waals surface area contributed by atoms with Crippen LogP contribution in [0.5, 0.6) is 5.75 Å². The van der Waals surface area contributed by atoms with Crippen molar-refractivity contribution in [2.24, 2.45) is 16.8 Å². The average molecular weight is 530 g/mol. The summed E-state index contributed by atoms with van der Waals surface area (Å²) in [4.78, 5) is 21.4. The predicted molar refractivity (Wildman–Crippen MR) is 131 cm³/mol. The molecule has 2 aliphatic heterocycles. The molecule has 1 unspecified atom stereocenters. The summed E-state index contributed by atoms with van der Waals surface area (Å²) in [6, 6.07) is 8.21. The predicted octanol–water partition coefficient (Wildman–Crippen LogP) is 2.99. The Hall–Kier alpha value is -1.71. The molecule has 1 aromatic rings. The molecule has 3 rings (SSSR count). The molecule has 0 aromatic heterocycles. The molecule has 0 bridgehead atoms. The van der Waals surface area contributed by atoms with E-state index >= 15 is 0 Å². The number of likely N-dealkylation sites (tertiary alicyclic amines) is 1. The van der Waals surface area contributed by atoms with Crippen LogP contribution in [0.1, 0.15) is 26.2 Å². The number of anilines is 1. The first-order valence-corrected chi connectivity index (χ1v) is 10.6. The van der Waals surface area contributed by atoms with Gasteiger partial charge < -0.3 is 24.6 Å². The van der Waals surface area contributed by atoms with Gasteiger partial charge in [-0.2, -0.15) is 0 Å². The van der Waals surface area contributed by atoms with E-state index in [1.54, 1.807) is 7.11 Å². The summed E-state index contributed by atoms with van der Waals surface area (Å²) in [5, 5.41) is 3.42. The van der Waals surface area contributed by atoms with Crippen molar-refractivity contribution in [1.82, 2.24) is 10.2 Å². The number of halogens is 1. The number of guanidine groups is 1. The summed E-state index contributed by atoms with van der Waals surface area (Å²) >= 11 is 0. The van der Waals surface area contributed by atoms with Crippen molar-refractivity contribution < 1.29 is 14.3 Å². The normalized spacial score (nSPS) is 20.0. The first-order valence-electron chi connectivity index (χ1n) is 10.6. The van der Waals surface area contributed by atoms with Crippen LogP contribution in [0.15, 0.2) is 29.3 Å². The minimum absolute atomic E-state index is 0. The van der Waals surface area contributed by atoms with Gasteiger partial charge in [0.25, 0.3) is 0 Å². The number of carbonyl (C=O) groups excluding carboxylic acids is 1. The number of carbonyl (C=O) groups is 1. The van der Waals surface area contributed by atoms with Crippen molar-refractivity contribution in [3.63, 3.8) is 0 Å². The third-order valence-electron chi connectivity index (χ3n) is 5.87. The highest BCUT2D eigenvalue weighted by molar-refractivity contribution is 14.0. The first-order chi connectivity index (χ1) is 14.2. The van der Waals surface area contributed by atoms with Crippen molar-refractivity contribution in [2.75, 3.05) is 58.4 Å². The molecule has 1 aromatic carbocycles. The Balaban J connectivity index is 0.00000320. The number of esters is 1. The number of nitrogens with zero attached hydrogens (tertiary/aromatic N) is 3. The number of piperidine rings is 1. The molecule has 2 fully saturated rings. The van der Waals surface area contributed by atoms with Crippen molar-refractivity contribution >= 4 is 41.6 Å². The van der Waals surface area contributed by atoms with E-state index in [4.69, 9.17) is 14.5 Å². The summed E-state index contributed by atoms with van der Waals surface area (Å²) in [6.45, 7) is 7.44. The van der Waals surface area contributed by atoms with Crippen molar-refractivity contribution in [3.05, 3.63) is 24.3 Å². The summed E-state index contributed by atoms with van der Waals surface area (Å²) in [6.07, 6.45) is 2.77. The van der Waals surface area contributed by atoms with Crippen LogP contribution in [0.2, 0.25) is 0 Å². The number of para-hydroxylation sites is 2. The lowest BCUT2D eigenvalue weighted by molar-refractivity contribution is -0.146. The Morgan fingerprint density at radius 3 is 2.57 bits per heavy atom. The average Bonchev–Trinajstić information content (AvgIpc) is 3.25. The number of hydrogen-bond acceptors (Lipinski definition) is 5. The highest BCUT2D eigenvalue weighted by atomic mass is 127. The molecule has 0 saturated carbocycles. The molecule has 168 valence electrons.